The Bertz CT molecular complexity index is 1250. The Morgan fingerprint density at radius 3 is 2.16 bits per heavy atom. The third kappa shape index (κ3) is 3.90. The topological polar surface area (TPSA) is 78.5 Å². The molecule has 0 unspecified atom stereocenters. The fraction of sp³-hybridized carbons (Fsp3) is 0.115. The fourth-order valence-corrected chi connectivity index (χ4v) is 3.67. The molecule has 160 valence electrons. The predicted octanol–water partition coefficient (Wildman–Crippen LogP) is 4.66. The number of imide groups is 1. The van der Waals surface area contributed by atoms with Gasteiger partial charge < -0.3 is 10.6 Å². The van der Waals surface area contributed by atoms with E-state index in [1.54, 1.807) is 24.3 Å². The van der Waals surface area contributed by atoms with Gasteiger partial charge in [-0.2, -0.15) is 0 Å². The summed E-state index contributed by atoms with van der Waals surface area (Å²) in [4.78, 5) is 39.4. The van der Waals surface area contributed by atoms with Crippen LogP contribution >= 0.6 is 0 Å². The van der Waals surface area contributed by atoms with Crippen LogP contribution in [0.2, 0.25) is 0 Å². The molecule has 0 radical (unpaired) electrons. The first-order valence-electron chi connectivity index (χ1n) is 10.3. The van der Waals surface area contributed by atoms with E-state index in [9.17, 15) is 14.4 Å². The number of benzene rings is 3. The van der Waals surface area contributed by atoms with Crippen LogP contribution in [0.5, 0.6) is 0 Å². The van der Waals surface area contributed by atoms with Crippen LogP contribution in [0.1, 0.15) is 23.6 Å². The van der Waals surface area contributed by atoms with Gasteiger partial charge in [0.2, 0.25) is 5.91 Å². The van der Waals surface area contributed by atoms with Gasteiger partial charge in [-0.3, -0.25) is 14.4 Å². The zero-order valence-corrected chi connectivity index (χ0v) is 18.1. The summed E-state index contributed by atoms with van der Waals surface area (Å²) >= 11 is 0. The van der Waals surface area contributed by atoms with Crippen LogP contribution < -0.4 is 15.5 Å². The molecular weight excluding hydrogens is 402 g/mol. The zero-order chi connectivity index (χ0) is 22.8. The largest absolute Gasteiger partial charge is 0.350 e. The Morgan fingerprint density at radius 2 is 1.50 bits per heavy atom. The summed E-state index contributed by atoms with van der Waals surface area (Å²) in [5, 5.41) is 5.91. The molecule has 3 aromatic rings. The normalized spacial score (nSPS) is 13.5. The predicted molar refractivity (Wildman–Crippen MR) is 126 cm³/mol. The Kier molecular flexibility index (Phi) is 5.60. The van der Waals surface area contributed by atoms with Gasteiger partial charge in [0, 0.05) is 18.3 Å². The number of rotatable bonds is 5. The van der Waals surface area contributed by atoms with Gasteiger partial charge in [-0.25, -0.2) is 4.90 Å². The standard InChI is InChI=1S/C26H23N3O3/c1-16-8-7-11-22(17(16)2)28-24-23(19-9-5-4-6-10-19)25(31)29(26(24)32)21-14-12-20(13-15-21)27-18(3)30/h4-15,28H,1-3H3,(H,27,30). The summed E-state index contributed by atoms with van der Waals surface area (Å²) < 4.78 is 0. The van der Waals surface area contributed by atoms with Gasteiger partial charge >= 0.3 is 0 Å². The minimum atomic E-state index is -0.429. The van der Waals surface area contributed by atoms with E-state index < -0.39 is 11.8 Å². The second-order valence-corrected chi connectivity index (χ2v) is 7.66. The van der Waals surface area contributed by atoms with Gasteiger partial charge in [-0.1, -0.05) is 42.5 Å². The summed E-state index contributed by atoms with van der Waals surface area (Å²) in [5.74, 6) is -1.03. The number of hydrogen-bond donors (Lipinski definition) is 2. The summed E-state index contributed by atoms with van der Waals surface area (Å²) in [6.45, 7) is 5.39. The Labute approximate surface area is 186 Å². The molecule has 1 aliphatic rings. The number of hydrogen-bond acceptors (Lipinski definition) is 4. The Balaban J connectivity index is 1.76. The highest BCUT2D eigenvalue weighted by Gasteiger charge is 2.40. The van der Waals surface area contributed by atoms with Crippen molar-refractivity contribution in [2.24, 2.45) is 0 Å². The molecule has 0 fully saturated rings. The fourth-order valence-electron chi connectivity index (χ4n) is 3.67. The summed E-state index contributed by atoms with van der Waals surface area (Å²) in [6, 6.07) is 21.6. The molecule has 1 heterocycles. The highest BCUT2D eigenvalue weighted by Crippen LogP contribution is 2.34. The molecule has 4 rings (SSSR count). The first-order valence-corrected chi connectivity index (χ1v) is 10.3. The van der Waals surface area contributed by atoms with Gasteiger partial charge in [0.05, 0.1) is 11.3 Å². The van der Waals surface area contributed by atoms with Crippen molar-refractivity contribution in [2.75, 3.05) is 15.5 Å². The monoisotopic (exact) mass is 425 g/mol. The number of nitrogens with one attached hydrogen (secondary N) is 2. The van der Waals surface area contributed by atoms with E-state index in [0.29, 0.717) is 22.5 Å². The van der Waals surface area contributed by atoms with E-state index in [2.05, 4.69) is 10.6 Å². The van der Waals surface area contributed by atoms with Crippen LogP contribution in [0, 0.1) is 13.8 Å². The molecule has 0 bridgehead atoms. The molecule has 2 N–H and O–H groups in total. The number of aryl methyl sites for hydroxylation is 1. The van der Waals surface area contributed by atoms with Crippen molar-refractivity contribution in [1.82, 2.24) is 0 Å². The lowest BCUT2D eigenvalue weighted by Crippen LogP contribution is -2.32. The van der Waals surface area contributed by atoms with E-state index in [1.165, 1.54) is 6.92 Å². The van der Waals surface area contributed by atoms with Crippen LogP contribution in [-0.2, 0) is 14.4 Å². The first-order chi connectivity index (χ1) is 15.4. The Morgan fingerprint density at radius 1 is 0.812 bits per heavy atom. The van der Waals surface area contributed by atoms with Crippen molar-refractivity contribution in [3.05, 3.63) is 95.2 Å². The summed E-state index contributed by atoms with van der Waals surface area (Å²) in [6.07, 6.45) is 0. The lowest BCUT2D eigenvalue weighted by Gasteiger charge is -2.16. The van der Waals surface area contributed by atoms with Crippen molar-refractivity contribution in [3.8, 4) is 0 Å². The molecular formula is C26H23N3O3. The van der Waals surface area contributed by atoms with Gasteiger partial charge in [0.15, 0.2) is 0 Å². The molecule has 0 atom stereocenters. The van der Waals surface area contributed by atoms with Crippen LogP contribution in [0.3, 0.4) is 0 Å². The number of carbonyl (C=O) groups excluding carboxylic acids is 3. The van der Waals surface area contributed by atoms with Gasteiger partial charge in [-0.05, 0) is 60.9 Å². The van der Waals surface area contributed by atoms with Crippen LogP contribution in [0.4, 0.5) is 17.1 Å². The van der Waals surface area contributed by atoms with Gasteiger partial charge in [0.1, 0.15) is 5.70 Å². The third-order valence-electron chi connectivity index (χ3n) is 5.46. The van der Waals surface area contributed by atoms with Crippen molar-refractivity contribution in [3.63, 3.8) is 0 Å². The van der Waals surface area contributed by atoms with E-state index in [1.807, 2.05) is 62.4 Å². The lowest BCUT2D eigenvalue weighted by atomic mass is 10.0. The maximum Gasteiger partial charge on any atom is 0.282 e. The number of anilines is 3. The number of nitrogens with zero attached hydrogens (tertiary/aromatic N) is 1. The molecule has 6 nitrogen and oxygen atoms in total. The van der Waals surface area contributed by atoms with Crippen molar-refractivity contribution in [1.29, 1.82) is 0 Å². The van der Waals surface area contributed by atoms with E-state index in [4.69, 9.17) is 0 Å². The second-order valence-electron chi connectivity index (χ2n) is 7.66. The van der Waals surface area contributed by atoms with Gasteiger partial charge in [-0.15, -0.1) is 0 Å². The zero-order valence-electron chi connectivity index (χ0n) is 18.1. The average Bonchev–Trinajstić information content (AvgIpc) is 3.02. The average molecular weight is 425 g/mol. The number of carbonyl (C=O) groups is 3. The second kappa shape index (κ2) is 8.51. The highest BCUT2D eigenvalue weighted by atomic mass is 16.2. The Hall–Kier alpha value is -4.19. The van der Waals surface area contributed by atoms with Crippen LogP contribution in [0.25, 0.3) is 5.57 Å². The SMILES string of the molecule is CC(=O)Nc1ccc(N2C(=O)C(Nc3cccc(C)c3C)=C(c3ccccc3)C2=O)cc1. The van der Waals surface area contributed by atoms with Gasteiger partial charge in [0.25, 0.3) is 11.8 Å². The van der Waals surface area contributed by atoms with Crippen molar-refractivity contribution < 1.29 is 14.4 Å². The van der Waals surface area contributed by atoms with E-state index in [0.717, 1.165) is 21.7 Å². The van der Waals surface area contributed by atoms with Crippen molar-refractivity contribution >= 4 is 40.4 Å². The quantitative estimate of drug-likeness (QED) is 0.583. The smallest absolute Gasteiger partial charge is 0.282 e. The van der Waals surface area contributed by atoms with E-state index in [-0.39, 0.29) is 11.6 Å². The van der Waals surface area contributed by atoms with Crippen molar-refractivity contribution in [2.45, 2.75) is 20.8 Å². The maximum atomic E-state index is 13.5. The molecule has 3 amide bonds. The summed E-state index contributed by atoms with van der Waals surface area (Å²) in [5.41, 5.74) is 5.10. The minimum Gasteiger partial charge on any atom is -0.350 e. The molecule has 6 heteroatoms. The van der Waals surface area contributed by atoms with Crippen LogP contribution in [-0.4, -0.2) is 17.7 Å². The molecule has 1 aliphatic heterocycles. The molecule has 32 heavy (non-hydrogen) atoms. The highest BCUT2D eigenvalue weighted by molar-refractivity contribution is 6.46. The molecule has 0 saturated heterocycles. The molecule has 0 spiro atoms. The van der Waals surface area contributed by atoms with Crippen LogP contribution in [0.15, 0.2) is 78.5 Å². The van der Waals surface area contributed by atoms with E-state index >= 15 is 0 Å². The molecule has 0 saturated carbocycles. The maximum absolute atomic E-state index is 13.5. The third-order valence-corrected chi connectivity index (χ3v) is 5.46. The minimum absolute atomic E-state index is 0.195. The first kappa shape index (κ1) is 21.1. The summed E-state index contributed by atoms with van der Waals surface area (Å²) in [7, 11) is 0. The molecule has 0 aromatic heterocycles. The lowest BCUT2D eigenvalue weighted by molar-refractivity contribution is -0.120. The number of amides is 3. The molecule has 3 aromatic carbocycles. The molecule has 0 aliphatic carbocycles.